The number of likely N-dealkylation sites (tertiary alicyclic amines) is 1. The van der Waals surface area contributed by atoms with Crippen LogP contribution < -0.4 is 5.73 Å². The quantitative estimate of drug-likeness (QED) is 0.286. The van der Waals surface area contributed by atoms with Crippen LogP contribution in [-0.4, -0.2) is 40.0 Å². The summed E-state index contributed by atoms with van der Waals surface area (Å²) in [6.07, 6.45) is 10.4. The van der Waals surface area contributed by atoms with Gasteiger partial charge in [-0.25, -0.2) is 0 Å². The van der Waals surface area contributed by atoms with Gasteiger partial charge in [-0.2, -0.15) is 0 Å². The Kier molecular flexibility index (Phi) is 4.76. The van der Waals surface area contributed by atoms with E-state index in [1.807, 2.05) is 6.07 Å². The minimum absolute atomic E-state index is 0.0684. The molecule has 0 spiro atoms. The molecule has 3 fully saturated rings. The van der Waals surface area contributed by atoms with Gasteiger partial charge in [0.2, 0.25) is 11.8 Å². The second kappa shape index (κ2) is 7.52. The molecule has 0 radical (unpaired) electrons. The summed E-state index contributed by atoms with van der Waals surface area (Å²) in [7, 11) is 0. The first-order valence-electron chi connectivity index (χ1n) is 11.6. The number of unbranched alkanes of at least 4 members (excludes halogenated alkanes) is 1. The monoisotopic (exact) mass is 435 g/mol. The van der Waals surface area contributed by atoms with Crippen molar-refractivity contribution in [2.75, 3.05) is 12.3 Å². The van der Waals surface area contributed by atoms with Gasteiger partial charge in [0.05, 0.1) is 11.8 Å². The highest BCUT2D eigenvalue weighted by Crippen LogP contribution is 2.65. The van der Waals surface area contributed by atoms with Crippen molar-refractivity contribution in [3.8, 4) is 0 Å². The molecule has 5 aliphatic rings. The van der Waals surface area contributed by atoms with Crippen LogP contribution in [-0.2, 0) is 9.59 Å². The van der Waals surface area contributed by atoms with Gasteiger partial charge in [0.15, 0.2) is 0 Å². The zero-order valence-electron chi connectivity index (χ0n) is 17.6. The first-order valence-corrected chi connectivity index (χ1v) is 12.6. The topological polar surface area (TPSA) is 79.2 Å². The van der Waals surface area contributed by atoms with Gasteiger partial charge in [-0.05, 0) is 49.0 Å². The minimum Gasteiger partial charge on any atom is -0.360 e. The first-order chi connectivity index (χ1) is 15.1. The van der Waals surface area contributed by atoms with Crippen LogP contribution in [0.25, 0.3) is 10.9 Å². The molecule has 2 heterocycles. The fourth-order valence-corrected chi connectivity index (χ4v) is 7.40. The van der Waals surface area contributed by atoms with Crippen LogP contribution in [0.4, 0.5) is 0 Å². The van der Waals surface area contributed by atoms with E-state index in [-0.39, 0.29) is 29.7 Å². The molecule has 2 aromatic rings. The number of nitrogens with zero attached hydrogens (tertiary/aromatic N) is 1. The molecule has 2 bridgehead atoms. The van der Waals surface area contributed by atoms with Crippen molar-refractivity contribution in [2.45, 2.75) is 36.6 Å². The molecule has 4 aliphatic carbocycles. The lowest BCUT2D eigenvalue weighted by Crippen LogP contribution is -2.40. The molecule has 6 heteroatoms. The third-order valence-electron chi connectivity index (χ3n) is 7.96. The molecule has 31 heavy (non-hydrogen) atoms. The highest BCUT2D eigenvalue weighted by Gasteiger charge is 2.66. The van der Waals surface area contributed by atoms with Gasteiger partial charge in [-0.1, -0.05) is 36.8 Å². The summed E-state index contributed by atoms with van der Waals surface area (Å²) in [6, 6.07) is 8.42. The fourth-order valence-electron chi connectivity index (χ4n) is 6.36. The largest absolute Gasteiger partial charge is 0.360 e. The summed E-state index contributed by atoms with van der Waals surface area (Å²) in [6.45, 7) is 0.557. The van der Waals surface area contributed by atoms with E-state index in [0.29, 0.717) is 30.2 Å². The lowest BCUT2D eigenvalue weighted by atomic mass is 9.63. The van der Waals surface area contributed by atoms with E-state index in [0.717, 1.165) is 30.5 Å². The molecule has 2 saturated carbocycles. The van der Waals surface area contributed by atoms with Crippen molar-refractivity contribution in [1.29, 1.82) is 0 Å². The van der Waals surface area contributed by atoms with Gasteiger partial charge < -0.3 is 10.7 Å². The number of carbonyl (C=O) groups is 2. The van der Waals surface area contributed by atoms with Crippen molar-refractivity contribution in [2.24, 2.45) is 41.2 Å². The van der Waals surface area contributed by atoms with E-state index in [2.05, 4.69) is 41.5 Å². The summed E-state index contributed by atoms with van der Waals surface area (Å²) >= 11 is 1.79. The molecule has 1 aromatic heterocycles. The molecule has 7 rings (SSSR count). The molecule has 2 amide bonds. The average Bonchev–Trinajstić information content (AvgIpc) is 3.46. The molecule has 1 aliphatic heterocycles. The number of thioether (sulfide) groups is 1. The van der Waals surface area contributed by atoms with Crippen LogP contribution in [0, 0.1) is 35.5 Å². The smallest absolute Gasteiger partial charge is 0.233 e. The Morgan fingerprint density at radius 2 is 1.77 bits per heavy atom. The number of nitrogens with two attached hydrogens (primary N) is 1. The van der Waals surface area contributed by atoms with Crippen LogP contribution in [0.2, 0.25) is 0 Å². The lowest BCUT2D eigenvalue weighted by Gasteiger charge is -2.37. The first kappa shape index (κ1) is 19.6. The number of aromatic amines is 1. The Balaban J connectivity index is 0.980. The second-order valence-corrected chi connectivity index (χ2v) is 10.8. The molecule has 3 N–H and O–H groups in total. The van der Waals surface area contributed by atoms with E-state index in [1.54, 1.807) is 16.7 Å². The van der Waals surface area contributed by atoms with Gasteiger partial charge >= 0.3 is 0 Å². The number of imide groups is 1. The van der Waals surface area contributed by atoms with E-state index >= 15 is 0 Å². The number of para-hydroxylation sites is 1. The predicted molar refractivity (Wildman–Crippen MR) is 122 cm³/mol. The number of amides is 2. The highest BCUT2D eigenvalue weighted by atomic mass is 32.2. The summed E-state index contributed by atoms with van der Waals surface area (Å²) < 4.78 is 0. The number of benzene rings is 1. The summed E-state index contributed by atoms with van der Waals surface area (Å²) in [4.78, 5) is 32.2. The average molecular weight is 436 g/mol. The molecule has 1 aromatic carbocycles. The van der Waals surface area contributed by atoms with Gasteiger partial charge in [-0.15, -0.1) is 11.8 Å². The van der Waals surface area contributed by atoms with Crippen LogP contribution in [0.1, 0.15) is 25.7 Å². The zero-order valence-corrected chi connectivity index (χ0v) is 18.4. The predicted octanol–water partition coefficient (Wildman–Crippen LogP) is 3.81. The molecule has 5 nitrogen and oxygen atoms in total. The fraction of sp³-hybridized carbons (Fsp3) is 0.520. The van der Waals surface area contributed by atoms with E-state index in [1.165, 1.54) is 16.7 Å². The van der Waals surface area contributed by atoms with Crippen molar-refractivity contribution >= 4 is 34.5 Å². The summed E-state index contributed by atoms with van der Waals surface area (Å²) in [5, 5.41) is 1.24. The Labute approximate surface area is 186 Å². The van der Waals surface area contributed by atoms with Gasteiger partial charge in [0, 0.05) is 40.3 Å². The van der Waals surface area contributed by atoms with Crippen LogP contribution in [0.3, 0.4) is 0 Å². The maximum absolute atomic E-state index is 13.0. The molecule has 7 atom stereocenters. The Bertz CT molecular complexity index is 1030. The number of fused-ring (bicyclic) bond motifs is 1. The number of carbonyl (C=O) groups excluding carboxylic acids is 2. The third kappa shape index (κ3) is 3.18. The zero-order chi connectivity index (χ0) is 21.1. The Hall–Kier alpha value is -2.05. The van der Waals surface area contributed by atoms with Crippen molar-refractivity contribution in [3.05, 3.63) is 42.6 Å². The Morgan fingerprint density at radius 3 is 2.52 bits per heavy atom. The SMILES string of the molecule is NC(CCCCN1C(=O)C2C3C=CC(C4CC34)C2C1=O)CSc1c[nH]c2ccccc12. The maximum atomic E-state index is 13.0. The third-order valence-corrected chi connectivity index (χ3v) is 9.21. The molecule has 162 valence electrons. The van der Waals surface area contributed by atoms with Crippen LogP contribution >= 0.6 is 11.8 Å². The van der Waals surface area contributed by atoms with Crippen molar-refractivity contribution in [1.82, 2.24) is 9.88 Å². The second-order valence-electron chi connectivity index (χ2n) is 9.75. The number of aromatic nitrogens is 1. The number of nitrogens with one attached hydrogen (secondary N) is 1. The van der Waals surface area contributed by atoms with Crippen LogP contribution in [0.15, 0.2) is 47.5 Å². The Morgan fingerprint density at radius 1 is 1.06 bits per heavy atom. The number of hydrogen-bond donors (Lipinski definition) is 2. The number of rotatable bonds is 8. The van der Waals surface area contributed by atoms with Crippen molar-refractivity contribution in [3.63, 3.8) is 0 Å². The summed E-state index contributed by atoms with van der Waals surface area (Å²) in [5.74, 6) is 2.89. The van der Waals surface area contributed by atoms with Gasteiger partial charge in [-0.3, -0.25) is 14.5 Å². The van der Waals surface area contributed by atoms with E-state index in [9.17, 15) is 9.59 Å². The number of allylic oxidation sites excluding steroid dienone is 2. The molecular formula is C25H29N3O2S. The number of hydrogen-bond acceptors (Lipinski definition) is 4. The van der Waals surface area contributed by atoms with Gasteiger partial charge in [0.25, 0.3) is 0 Å². The standard InChI is InChI=1S/C25H29N3O2S/c26-14(13-31-21-12-27-20-7-2-1-6-17(20)21)5-3-4-10-28-24(29)22-15-8-9-16(19-11-18(15)19)23(22)25(28)30/h1-2,6-9,12,14-16,18-19,22-23,27H,3-5,10-11,13,26H2. The summed E-state index contributed by atoms with van der Waals surface area (Å²) in [5.41, 5.74) is 7.51. The molecular weight excluding hydrogens is 406 g/mol. The van der Waals surface area contributed by atoms with Crippen molar-refractivity contribution < 1.29 is 9.59 Å². The highest BCUT2D eigenvalue weighted by molar-refractivity contribution is 7.99. The van der Waals surface area contributed by atoms with E-state index < -0.39 is 0 Å². The lowest BCUT2D eigenvalue weighted by molar-refractivity contribution is -0.140. The molecule has 1 saturated heterocycles. The maximum Gasteiger partial charge on any atom is 0.233 e. The number of H-pyrrole nitrogens is 1. The van der Waals surface area contributed by atoms with E-state index in [4.69, 9.17) is 5.73 Å². The van der Waals surface area contributed by atoms with Gasteiger partial charge in [0.1, 0.15) is 0 Å². The minimum atomic E-state index is -0.0684. The normalized spacial score (nSPS) is 33.8. The van der Waals surface area contributed by atoms with Crippen LogP contribution in [0.5, 0.6) is 0 Å². The molecule has 7 unspecified atom stereocenters.